The normalized spacial score (nSPS) is 17.8. The lowest BCUT2D eigenvalue weighted by Crippen LogP contribution is -2.52. The SMILES string of the molecule is CCS(=O)(=O)c1cc(-c2ccc(C[C@@H](C#N)N3CCCCC3C(N)=O)cc2)ccc1C#N. The number of nitrogens with zero attached hydrogens (tertiary/aromatic N) is 3. The van der Waals surface area contributed by atoms with Crippen LogP contribution in [0.15, 0.2) is 47.4 Å². The summed E-state index contributed by atoms with van der Waals surface area (Å²) in [4.78, 5) is 13.8. The highest BCUT2D eigenvalue weighted by molar-refractivity contribution is 7.91. The van der Waals surface area contributed by atoms with Crippen molar-refractivity contribution in [2.45, 2.75) is 49.6 Å². The Kier molecular flexibility index (Phi) is 7.29. The van der Waals surface area contributed by atoms with Crippen LogP contribution in [0, 0.1) is 22.7 Å². The first kappa shape index (κ1) is 23.5. The lowest BCUT2D eigenvalue weighted by atomic mass is 9.95. The second-order valence-corrected chi connectivity index (χ2v) is 10.2. The van der Waals surface area contributed by atoms with E-state index in [9.17, 15) is 23.7 Å². The minimum Gasteiger partial charge on any atom is -0.368 e. The zero-order valence-electron chi connectivity index (χ0n) is 18.0. The van der Waals surface area contributed by atoms with Gasteiger partial charge in [-0.2, -0.15) is 10.5 Å². The van der Waals surface area contributed by atoms with Crippen LogP contribution < -0.4 is 5.73 Å². The summed E-state index contributed by atoms with van der Waals surface area (Å²) in [6, 6.07) is 15.7. The van der Waals surface area contributed by atoms with Gasteiger partial charge in [-0.1, -0.05) is 43.7 Å². The maximum absolute atomic E-state index is 12.4. The van der Waals surface area contributed by atoms with Crippen molar-refractivity contribution in [2.75, 3.05) is 12.3 Å². The smallest absolute Gasteiger partial charge is 0.234 e. The number of hydrogen-bond donors (Lipinski definition) is 1. The van der Waals surface area contributed by atoms with E-state index in [1.165, 1.54) is 12.1 Å². The van der Waals surface area contributed by atoms with Gasteiger partial charge >= 0.3 is 0 Å². The summed E-state index contributed by atoms with van der Waals surface area (Å²) in [5.74, 6) is -0.471. The van der Waals surface area contributed by atoms with Gasteiger partial charge in [-0.05, 0) is 41.7 Å². The number of amides is 1. The molecule has 2 aromatic carbocycles. The molecule has 1 fully saturated rings. The second kappa shape index (κ2) is 9.95. The molecule has 1 saturated heterocycles. The molecule has 1 aliphatic heterocycles. The summed E-state index contributed by atoms with van der Waals surface area (Å²) >= 11 is 0. The molecule has 2 aromatic rings. The Hall–Kier alpha value is -3.20. The molecule has 1 unspecified atom stereocenters. The lowest BCUT2D eigenvalue weighted by molar-refractivity contribution is -0.125. The van der Waals surface area contributed by atoms with E-state index in [0.717, 1.165) is 24.0 Å². The Morgan fingerprint density at radius 3 is 2.44 bits per heavy atom. The van der Waals surface area contributed by atoms with Gasteiger partial charge in [0, 0.05) is 13.0 Å². The van der Waals surface area contributed by atoms with Crippen molar-refractivity contribution in [3.63, 3.8) is 0 Å². The van der Waals surface area contributed by atoms with Gasteiger partial charge in [-0.3, -0.25) is 9.69 Å². The number of carbonyl (C=O) groups excluding carboxylic acids is 1. The minimum atomic E-state index is -3.53. The van der Waals surface area contributed by atoms with Crippen molar-refractivity contribution in [2.24, 2.45) is 5.73 Å². The zero-order valence-corrected chi connectivity index (χ0v) is 18.8. The molecule has 0 radical (unpaired) electrons. The maximum Gasteiger partial charge on any atom is 0.234 e. The summed E-state index contributed by atoms with van der Waals surface area (Å²) in [6.07, 6.45) is 3.00. The Balaban J connectivity index is 1.84. The number of piperidine rings is 1. The fourth-order valence-corrected chi connectivity index (χ4v) is 5.20. The Labute approximate surface area is 189 Å². The molecule has 0 bridgehead atoms. The number of nitrogens with two attached hydrogens (primary N) is 1. The first-order valence-corrected chi connectivity index (χ1v) is 12.3. The van der Waals surface area contributed by atoms with Crippen LogP contribution in [0.4, 0.5) is 0 Å². The Bertz CT molecular complexity index is 1180. The van der Waals surface area contributed by atoms with E-state index in [1.54, 1.807) is 13.0 Å². The molecule has 1 aliphatic rings. The summed E-state index contributed by atoms with van der Waals surface area (Å²) in [5.41, 5.74) is 8.13. The molecule has 0 aliphatic carbocycles. The highest BCUT2D eigenvalue weighted by Gasteiger charge is 2.32. The van der Waals surface area contributed by atoms with Gasteiger partial charge in [0.1, 0.15) is 12.1 Å². The molecule has 0 saturated carbocycles. The molecular formula is C24H26N4O3S. The van der Waals surface area contributed by atoms with Gasteiger partial charge < -0.3 is 5.73 Å². The number of primary amides is 1. The molecule has 7 nitrogen and oxygen atoms in total. The van der Waals surface area contributed by atoms with Crippen LogP contribution in [0.3, 0.4) is 0 Å². The van der Waals surface area contributed by atoms with Gasteiger partial charge in [0.15, 0.2) is 9.84 Å². The van der Waals surface area contributed by atoms with Crippen molar-refractivity contribution in [1.82, 2.24) is 4.90 Å². The molecule has 2 N–H and O–H groups in total. The van der Waals surface area contributed by atoms with Gasteiger partial charge in [-0.25, -0.2) is 8.42 Å². The first-order valence-electron chi connectivity index (χ1n) is 10.6. The molecule has 8 heteroatoms. The molecule has 0 spiro atoms. The van der Waals surface area contributed by atoms with Crippen molar-refractivity contribution in [1.29, 1.82) is 10.5 Å². The van der Waals surface area contributed by atoms with Gasteiger partial charge in [0.05, 0.1) is 28.3 Å². The van der Waals surface area contributed by atoms with Gasteiger partial charge in [0.2, 0.25) is 5.91 Å². The highest BCUT2D eigenvalue weighted by Crippen LogP contribution is 2.27. The van der Waals surface area contributed by atoms with E-state index in [4.69, 9.17) is 5.73 Å². The van der Waals surface area contributed by atoms with Crippen molar-refractivity contribution < 1.29 is 13.2 Å². The monoisotopic (exact) mass is 450 g/mol. The number of benzene rings is 2. The average Bonchev–Trinajstić information content (AvgIpc) is 2.82. The van der Waals surface area contributed by atoms with Crippen LogP contribution in [0.2, 0.25) is 0 Å². The van der Waals surface area contributed by atoms with E-state index < -0.39 is 21.9 Å². The van der Waals surface area contributed by atoms with Crippen LogP contribution >= 0.6 is 0 Å². The van der Waals surface area contributed by atoms with E-state index in [0.29, 0.717) is 24.9 Å². The number of carbonyl (C=O) groups is 1. The zero-order chi connectivity index (χ0) is 23.3. The largest absolute Gasteiger partial charge is 0.368 e. The van der Waals surface area contributed by atoms with E-state index in [2.05, 4.69) is 6.07 Å². The first-order chi connectivity index (χ1) is 15.3. The standard InChI is InChI=1S/C24H26N4O3S/c1-2-32(30,31)23-14-19(10-11-20(23)15-25)18-8-6-17(7-9-18)13-21(16-26)28-12-4-3-5-22(28)24(27)29/h6-11,14,21-22H,2-5,12-13H2,1H3,(H2,27,29)/t21-,22?/m0/s1. The topological polar surface area (TPSA) is 128 Å². The minimum absolute atomic E-state index is 0.0382. The molecular weight excluding hydrogens is 424 g/mol. The Morgan fingerprint density at radius 1 is 1.16 bits per heavy atom. The highest BCUT2D eigenvalue weighted by atomic mass is 32.2. The summed E-state index contributed by atoms with van der Waals surface area (Å²) in [6.45, 7) is 2.22. The molecule has 2 atom stereocenters. The predicted octanol–water partition coefficient (Wildman–Crippen LogP) is 2.79. The van der Waals surface area contributed by atoms with Crippen LogP contribution in [0.5, 0.6) is 0 Å². The lowest BCUT2D eigenvalue weighted by Gasteiger charge is -2.36. The molecule has 1 amide bonds. The predicted molar refractivity (Wildman–Crippen MR) is 121 cm³/mol. The molecule has 0 aromatic heterocycles. The third-order valence-corrected chi connectivity index (χ3v) is 7.72. The number of sulfone groups is 1. The number of nitriles is 2. The summed E-state index contributed by atoms with van der Waals surface area (Å²) in [7, 11) is -3.53. The Morgan fingerprint density at radius 2 is 1.84 bits per heavy atom. The van der Waals surface area contributed by atoms with Gasteiger partial charge in [-0.15, -0.1) is 0 Å². The van der Waals surface area contributed by atoms with Crippen LogP contribution in [0.25, 0.3) is 11.1 Å². The van der Waals surface area contributed by atoms with E-state index in [1.807, 2.05) is 35.2 Å². The molecule has 1 heterocycles. The second-order valence-electron chi connectivity index (χ2n) is 7.92. The van der Waals surface area contributed by atoms with Crippen LogP contribution in [0.1, 0.15) is 37.3 Å². The van der Waals surface area contributed by atoms with Crippen molar-refractivity contribution in [3.05, 3.63) is 53.6 Å². The summed E-state index contributed by atoms with van der Waals surface area (Å²) < 4.78 is 24.8. The number of hydrogen-bond acceptors (Lipinski definition) is 6. The third kappa shape index (κ3) is 4.99. The molecule has 32 heavy (non-hydrogen) atoms. The number of likely N-dealkylation sites (tertiary alicyclic amines) is 1. The summed E-state index contributed by atoms with van der Waals surface area (Å²) in [5, 5.41) is 19.0. The average molecular weight is 451 g/mol. The van der Waals surface area contributed by atoms with Crippen LogP contribution in [-0.2, 0) is 21.1 Å². The number of rotatable bonds is 7. The fraction of sp³-hybridized carbons (Fsp3) is 0.375. The maximum atomic E-state index is 12.4. The van der Waals surface area contributed by atoms with E-state index in [-0.39, 0.29) is 22.1 Å². The quantitative estimate of drug-likeness (QED) is 0.691. The van der Waals surface area contributed by atoms with Crippen molar-refractivity contribution in [3.8, 4) is 23.3 Å². The van der Waals surface area contributed by atoms with Crippen LogP contribution in [-0.4, -0.2) is 43.6 Å². The molecule has 3 rings (SSSR count). The third-order valence-electron chi connectivity index (χ3n) is 5.96. The fourth-order valence-electron chi connectivity index (χ4n) is 4.13. The molecule has 166 valence electrons. The van der Waals surface area contributed by atoms with E-state index >= 15 is 0 Å². The van der Waals surface area contributed by atoms with Gasteiger partial charge in [0.25, 0.3) is 0 Å². The van der Waals surface area contributed by atoms with Crippen molar-refractivity contribution >= 4 is 15.7 Å².